The molecular formula is C14H23ClN2. The van der Waals surface area contributed by atoms with Crippen LogP contribution in [0.4, 0.5) is 0 Å². The highest BCUT2D eigenvalue weighted by atomic mass is 35.5. The van der Waals surface area contributed by atoms with Gasteiger partial charge in [0, 0.05) is 11.1 Å². The molecule has 0 radical (unpaired) electrons. The number of nitrogens with two attached hydrogens (primary N) is 1. The van der Waals surface area contributed by atoms with Crippen molar-refractivity contribution < 1.29 is 0 Å². The minimum Gasteiger partial charge on any atom is -0.327 e. The van der Waals surface area contributed by atoms with Crippen molar-refractivity contribution in [3.8, 4) is 0 Å². The van der Waals surface area contributed by atoms with E-state index in [0.717, 1.165) is 37.5 Å². The number of halogens is 1. The molecule has 17 heavy (non-hydrogen) atoms. The second-order valence-electron chi connectivity index (χ2n) is 4.41. The highest BCUT2D eigenvalue weighted by Crippen LogP contribution is 2.11. The minimum atomic E-state index is 0.233. The zero-order valence-electron chi connectivity index (χ0n) is 10.8. The van der Waals surface area contributed by atoms with Gasteiger partial charge in [0.05, 0.1) is 0 Å². The first-order valence-electron chi connectivity index (χ1n) is 6.38. The number of hydrogen-bond donors (Lipinski definition) is 1. The Bertz CT molecular complexity index is 307. The monoisotopic (exact) mass is 254 g/mol. The third-order valence-corrected chi connectivity index (χ3v) is 3.37. The highest BCUT2D eigenvalue weighted by molar-refractivity contribution is 6.30. The fourth-order valence-corrected chi connectivity index (χ4v) is 2.04. The van der Waals surface area contributed by atoms with Crippen LogP contribution in [0.15, 0.2) is 24.3 Å². The molecular weight excluding hydrogens is 232 g/mol. The van der Waals surface area contributed by atoms with E-state index < -0.39 is 0 Å². The largest absolute Gasteiger partial charge is 0.327 e. The molecule has 0 saturated heterocycles. The Morgan fingerprint density at radius 1 is 1.18 bits per heavy atom. The summed E-state index contributed by atoms with van der Waals surface area (Å²) >= 11 is 5.85. The summed E-state index contributed by atoms with van der Waals surface area (Å²) < 4.78 is 0. The SMILES string of the molecule is CCN(CC)CCC(N)Cc1ccc(Cl)cc1. The summed E-state index contributed by atoms with van der Waals surface area (Å²) in [5.74, 6) is 0. The molecule has 1 atom stereocenters. The zero-order valence-corrected chi connectivity index (χ0v) is 11.6. The van der Waals surface area contributed by atoms with Gasteiger partial charge >= 0.3 is 0 Å². The molecule has 0 heterocycles. The van der Waals surface area contributed by atoms with Crippen LogP contribution in [-0.2, 0) is 6.42 Å². The first-order chi connectivity index (χ1) is 8.15. The van der Waals surface area contributed by atoms with Crippen LogP contribution in [-0.4, -0.2) is 30.6 Å². The Balaban J connectivity index is 2.34. The Morgan fingerprint density at radius 2 is 1.76 bits per heavy atom. The predicted octanol–water partition coefficient (Wildman–Crippen LogP) is 2.94. The van der Waals surface area contributed by atoms with E-state index in [1.807, 2.05) is 12.1 Å². The van der Waals surface area contributed by atoms with E-state index in [4.69, 9.17) is 17.3 Å². The van der Waals surface area contributed by atoms with Crippen molar-refractivity contribution in [2.75, 3.05) is 19.6 Å². The van der Waals surface area contributed by atoms with Gasteiger partial charge in [0.15, 0.2) is 0 Å². The molecule has 0 fully saturated rings. The quantitative estimate of drug-likeness (QED) is 0.811. The third kappa shape index (κ3) is 5.53. The summed E-state index contributed by atoms with van der Waals surface area (Å²) in [6, 6.07) is 8.19. The van der Waals surface area contributed by atoms with Crippen LogP contribution in [0.3, 0.4) is 0 Å². The average Bonchev–Trinajstić information content (AvgIpc) is 2.33. The van der Waals surface area contributed by atoms with E-state index in [9.17, 15) is 0 Å². The summed E-state index contributed by atoms with van der Waals surface area (Å²) in [6.07, 6.45) is 1.97. The van der Waals surface area contributed by atoms with Gasteiger partial charge in [0.1, 0.15) is 0 Å². The van der Waals surface area contributed by atoms with Gasteiger partial charge in [-0.2, -0.15) is 0 Å². The highest BCUT2D eigenvalue weighted by Gasteiger charge is 2.06. The fourth-order valence-electron chi connectivity index (χ4n) is 1.91. The van der Waals surface area contributed by atoms with E-state index in [1.54, 1.807) is 0 Å². The predicted molar refractivity (Wildman–Crippen MR) is 75.5 cm³/mol. The van der Waals surface area contributed by atoms with Crippen LogP contribution in [0.1, 0.15) is 25.8 Å². The van der Waals surface area contributed by atoms with E-state index in [0.29, 0.717) is 0 Å². The maximum atomic E-state index is 6.14. The van der Waals surface area contributed by atoms with Crippen molar-refractivity contribution in [1.82, 2.24) is 4.90 Å². The van der Waals surface area contributed by atoms with Gasteiger partial charge < -0.3 is 10.6 Å². The molecule has 1 aromatic rings. The van der Waals surface area contributed by atoms with Crippen LogP contribution in [0.25, 0.3) is 0 Å². The normalized spacial score (nSPS) is 13.0. The molecule has 0 aliphatic carbocycles. The van der Waals surface area contributed by atoms with Gasteiger partial charge in [-0.05, 0) is 50.2 Å². The van der Waals surface area contributed by atoms with Crippen molar-refractivity contribution in [3.63, 3.8) is 0 Å². The molecule has 0 aliphatic rings. The molecule has 2 N–H and O–H groups in total. The van der Waals surface area contributed by atoms with Crippen LogP contribution in [0.5, 0.6) is 0 Å². The second-order valence-corrected chi connectivity index (χ2v) is 4.84. The molecule has 0 spiro atoms. The van der Waals surface area contributed by atoms with Gasteiger partial charge in [0.25, 0.3) is 0 Å². The lowest BCUT2D eigenvalue weighted by molar-refractivity contribution is 0.290. The number of rotatable bonds is 7. The zero-order chi connectivity index (χ0) is 12.7. The van der Waals surface area contributed by atoms with Gasteiger partial charge in [-0.3, -0.25) is 0 Å². The van der Waals surface area contributed by atoms with Crippen molar-refractivity contribution >= 4 is 11.6 Å². The summed E-state index contributed by atoms with van der Waals surface area (Å²) in [4.78, 5) is 2.40. The van der Waals surface area contributed by atoms with E-state index in [1.165, 1.54) is 5.56 Å². The van der Waals surface area contributed by atoms with E-state index >= 15 is 0 Å². The number of nitrogens with zero attached hydrogens (tertiary/aromatic N) is 1. The fraction of sp³-hybridized carbons (Fsp3) is 0.571. The molecule has 0 aliphatic heterocycles. The van der Waals surface area contributed by atoms with Crippen LogP contribution in [0.2, 0.25) is 5.02 Å². The molecule has 0 amide bonds. The van der Waals surface area contributed by atoms with Crippen molar-refractivity contribution in [2.24, 2.45) is 5.73 Å². The lowest BCUT2D eigenvalue weighted by Crippen LogP contribution is -2.31. The Morgan fingerprint density at radius 3 is 2.29 bits per heavy atom. The standard InChI is InChI=1S/C14H23ClN2/c1-3-17(4-2)10-9-14(16)11-12-5-7-13(15)8-6-12/h5-8,14H,3-4,9-11,16H2,1-2H3. The topological polar surface area (TPSA) is 29.3 Å². The first kappa shape index (κ1) is 14.5. The van der Waals surface area contributed by atoms with Gasteiger partial charge in [-0.1, -0.05) is 37.6 Å². The molecule has 0 saturated carbocycles. The Labute approximate surface area is 110 Å². The van der Waals surface area contributed by atoms with E-state index in [-0.39, 0.29) is 6.04 Å². The smallest absolute Gasteiger partial charge is 0.0406 e. The minimum absolute atomic E-state index is 0.233. The summed E-state index contributed by atoms with van der Waals surface area (Å²) in [7, 11) is 0. The first-order valence-corrected chi connectivity index (χ1v) is 6.75. The molecule has 1 aromatic carbocycles. The maximum Gasteiger partial charge on any atom is 0.0406 e. The summed E-state index contributed by atoms with van der Waals surface area (Å²) in [5, 5.41) is 0.783. The molecule has 1 rings (SSSR count). The second kappa shape index (κ2) is 7.70. The molecule has 0 bridgehead atoms. The molecule has 2 nitrogen and oxygen atoms in total. The van der Waals surface area contributed by atoms with Gasteiger partial charge in [0.2, 0.25) is 0 Å². The van der Waals surface area contributed by atoms with Crippen molar-refractivity contribution in [2.45, 2.75) is 32.7 Å². The molecule has 96 valence electrons. The van der Waals surface area contributed by atoms with Crippen molar-refractivity contribution in [3.05, 3.63) is 34.9 Å². The Hall–Kier alpha value is -0.570. The molecule has 1 unspecified atom stereocenters. The molecule has 3 heteroatoms. The average molecular weight is 255 g/mol. The summed E-state index contributed by atoms with van der Waals surface area (Å²) in [5.41, 5.74) is 7.41. The summed E-state index contributed by atoms with van der Waals surface area (Å²) in [6.45, 7) is 7.67. The van der Waals surface area contributed by atoms with Gasteiger partial charge in [-0.15, -0.1) is 0 Å². The van der Waals surface area contributed by atoms with Crippen molar-refractivity contribution in [1.29, 1.82) is 0 Å². The molecule has 0 aromatic heterocycles. The number of hydrogen-bond acceptors (Lipinski definition) is 2. The van der Waals surface area contributed by atoms with Crippen LogP contribution in [0, 0.1) is 0 Å². The number of benzene rings is 1. The third-order valence-electron chi connectivity index (χ3n) is 3.12. The van der Waals surface area contributed by atoms with Gasteiger partial charge in [-0.25, -0.2) is 0 Å². The lowest BCUT2D eigenvalue weighted by Gasteiger charge is -2.20. The van der Waals surface area contributed by atoms with E-state index in [2.05, 4.69) is 30.9 Å². The maximum absolute atomic E-state index is 6.14. The van der Waals surface area contributed by atoms with Crippen LogP contribution >= 0.6 is 11.6 Å². The lowest BCUT2D eigenvalue weighted by atomic mass is 10.0. The van der Waals surface area contributed by atoms with Crippen LogP contribution < -0.4 is 5.73 Å². The Kier molecular flexibility index (Phi) is 6.56.